The minimum absolute atomic E-state index is 0.110. The molecule has 2 saturated heterocycles. The second-order valence-corrected chi connectivity index (χ2v) is 9.43. The molecule has 2 aliphatic heterocycles. The number of rotatable bonds is 5. The van der Waals surface area contributed by atoms with Crippen LogP contribution in [0.15, 0.2) is 41.8 Å². The number of nitrogen functional groups attached to an aromatic ring is 1. The van der Waals surface area contributed by atoms with Crippen LogP contribution in [-0.2, 0) is 9.47 Å². The molecule has 2 fully saturated rings. The maximum Gasteiger partial charge on any atom is 0.209 e. The van der Waals surface area contributed by atoms with Crippen LogP contribution in [0.2, 0.25) is 0 Å². The zero-order chi connectivity index (χ0) is 25.4. The number of anilines is 1. The molecule has 1 aromatic carbocycles. The molecular weight excluding hydrogens is 510 g/mol. The van der Waals surface area contributed by atoms with E-state index < -0.39 is 30.2 Å². The van der Waals surface area contributed by atoms with Gasteiger partial charge >= 0.3 is 0 Å². The van der Waals surface area contributed by atoms with Crippen LogP contribution in [0.4, 0.5) is 13.4 Å². The second-order valence-electron chi connectivity index (χ2n) is 8.04. The Morgan fingerprint density at radius 2 is 1.83 bits per heavy atom. The van der Waals surface area contributed by atoms with Crippen LogP contribution >= 0.6 is 23.7 Å². The summed E-state index contributed by atoms with van der Waals surface area (Å²) in [7, 11) is 0. The Bertz CT molecular complexity index is 1360. The van der Waals surface area contributed by atoms with Gasteiger partial charge in [-0.15, -0.1) is 15.2 Å². The molecule has 2 aliphatic rings. The summed E-state index contributed by atoms with van der Waals surface area (Å²) in [4.78, 5) is 8.69. The van der Waals surface area contributed by atoms with Gasteiger partial charge in [0.25, 0.3) is 0 Å². The number of pyridine rings is 1. The molecule has 0 radical (unpaired) electrons. The maximum absolute atomic E-state index is 15.0. The van der Waals surface area contributed by atoms with Crippen LogP contribution in [0.25, 0.3) is 33.5 Å². The van der Waals surface area contributed by atoms with E-state index in [-0.39, 0.29) is 42.6 Å². The number of aromatic nitrogens is 3. The van der Waals surface area contributed by atoms with Gasteiger partial charge in [0.2, 0.25) is 5.88 Å². The molecule has 0 spiro atoms. The zero-order valence-electron chi connectivity index (χ0n) is 19.4. The van der Waals surface area contributed by atoms with E-state index in [9.17, 15) is 8.99 Å². The molecule has 4 atom stereocenters. The van der Waals surface area contributed by atoms with E-state index in [2.05, 4.69) is 9.97 Å². The van der Waals surface area contributed by atoms with Gasteiger partial charge in [-0.25, -0.2) is 18.3 Å². The molecule has 0 amide bonds. The van der Waals surface area contributed by atoms with Gasteiger partial charge in [0.15, 0.2) is 29.4 Å². The summed E-state index contributed by atoms with van der Waals surface area (Å²) in [5.74, 6) is -0.438. The van der Waals surface area contributed by atoms with E-state index in [1.165, 1.54) is 17.4 Å². The number of ether oxygens (including phenoxy) is 3. The van der Waals surface area contributed by atoms with Crippen molar-refractivity contribution in [2.45, 2.75) is 38.3 Å². The zero-order valence-corrected chi connectivity index (χ0v) is 21.1. The van der Waals surface area contributed by atoms with Crippen molar-refractivity contribution in [3.8, 4) is 28.4 Å². The van der Waals surface area contributed by atoms with Crippen molar-refractivity contribution in [3.63, 3.8) is 0 Å². The number of fused-ring (bicyclic) bond motifs is 2. The minimum Gasteiger partial charge on any atom is -0.469 e. The van der Waals surface area contributed by atoms with Crippen molar-refractivity contribution in [3.05, 3.63) is 47.6 Å². The lowest BCUT2D eigenvalue weighted by Gasteiger charge is -2.17. The molecule has 36 heavy (non-hydrogen) atoms. The lowest BCUT2D eigenvalue weighted by atomic mass is 10.1. The maximum atomic E-state index is 15.0. The summed E-state index contributed by atoms with van der Waals surface area (Å²) in [5.41, 5.74) is 8.60. The normalized spacial score (nSPS) is 22.9. The highest BCUT2D eigenvalue weighted by molar-refractivity contribution is 7.93. The Hall–Kier alpha value is -2.77. The van der Waals surface area contributed by atoms with Crippen LogP contribution in [0, 0.1) is 5.82 Å². The third-order valence-corrected chi connectivity index (χ3v) is 7.15. The molecule has 4 aromatic rings. The summed E-state index contributed by atoms with van der Waals surface area (Å²) in [5, 5.41) is 12.2. The number of benzene rings is 1. The number of hydrogen-bond donors (Lipinski definition) is 2. The van der Waals surface area contributed by atoms with Crippen LogP contribution in [0.5, 0.6) is 5.88 Å². The second kappa shape index (κ2) is 10.3. The molecule has 5 heterocycles. The van der Waals surface area contributed by atoms with E-state index in [0.29, 0.717) is 16.2 Å². The van der Waals surface area contributed by atoms with Gasteiger partial charge in [0.05, 0.1) is 29.9 Å². The molecule has 190 valence electrons. The number of aliphatic hydroxyl groups is 1. The third-order valence-electron chi connectivity index (χ3n) is 5.96. The minimum atomic E-state index is -0.724. The fraction of sp³-hybridized carbons (Fsp3) is 0.333. The van der Waals surface area contributed by atoms with Crippen LogP contribution in [0.1, 0.15) is 13.8 Å². The van der Waals surface area contributed by atoms with Gasteiger partial charge in [0.1, 0.15) is 24.0 Å². The van der Waals surface area contributed by atoms with Crippen molar-refractivity contribution in [2.24, 2.45) is 0 Å². The highest BCUT2D eigenvalue weighted by atomic mass is 32.2. The summed E-state index contributed by atoms with van der Waals surface area (Å²) in [6.45, 7) is 4.34. The fourth-order valence-electron chi connectivity index (χ4n) is 4.33. The van der Waals surface area contributed by atoms with E-state index >= 15 is 4.39 Å². The summed E-state index contributed by atoms with van der Waals surface area (Å²) in [6, 6.07) is 9.92. The molecule has 0 bridgehead atoms. The fourth-order valence-corrected chi connectivity index (χ4v) is 5.29. The first-order chi connectivity index (χ1) is 17.5. The molecule has 3 aromatic heterocycles. The monoisotopic (exact) mass is 534 g/mol. The SMILES string of the molecule is CC.Nc1nc(-c2ccc(-c3nc4cc(O[C@@H]5COC6[C@H](O)CO[C@@H]65)n(SF)c4cc3F)cc2)cs1. The predicted molar refractivity (Wildman–Crippen MR) is 136 cm³/mol. The van der Waals surface area contributed by atoms with Crippen molar-refractivity contribution < 1.29 is 27.6 Å². The van der Waals surface area contributed by atoms with Crippen molar-refractivity contribution >= 4 is 39.8 Å². The first-order valence-corrected chi connectivity index (χ1v) is 13.0. The molecule has 6 rings (SSSR count). The number of aliphatic hydroxyl groups excluding tert-OH is 1. The Kier molecular flexibility index (Phi) is 7.13. The quantitative estimate of drug-likeness (QED) is 0.374. The third kappa shape index (κ3) is 4.43. The first kappa shape index (κ1) is 24.9. The Morgan fingerprint density at radius 1 is 1.11 bits per heavy atom. The average Bonchev–Trinajstić information content (AvgIpc) is 3.66. The van der Waals surface area contributed by atoms with Gasteiger partial charge in [-0.3, -0.25) is 0 Å². The van der Waals surface area contributed by atoms with Crippen LogP contribution in [-0.4, -0.2) is 56.7 Å². The van der Waals surface area contributed by atoms with Gasteiger partial charge in [-0.1, -0.05) is 38.1 Å². The van der Waals surface area contributed by atoms with Crippen LogP contribution in [0.3, 0.4) is 0 Å². The molecular formula is C24H24F2N4O4S2. The Balaban J connectivity index is 0.00000130. The number of hydrogen-bond acceptors (Lipinski definition) is 9. The van der Waals surface area contributed by atoms with Crippen molar-refractivity contribution in [1.82, 2.24) is 13.9 Å². The summed E-state index contributed by atoms with van der Waals surface area (Å²) in [6.07, 6.45) is -2.20. The van der Waals surface area contributed by atoms with Gasteiger partial charge in [0, 0.05) is 28.6 Å². The molecule has 0 aliphatic carbocycles. The first-order valence-electron chi connectivity index (χ1n) is 11.4. The molecule has 8 nitrogen and oxygen atoms in total. The van der Waals surface area contributed by atoms with Gasteiger partial charge < -0.3 is 25.1 Å². The van der Waals surface area contributed by atoms with Crippen LogP contribution < -0.4 is 10.5 Å². The number of thiazole rings is 1. The standard InChI is InChI=1S/C22H18F2N4O4S2.C2H6/c23-12-5-15-13(26-19(12)11-3-1-10(2-4-11)14-9-33-22(25)27-14)6-18(28(15)34-24)32-17-8-31-20-16(29)7-30-21(17)20;1-2/h1-6,9,16-17,20-21,29H,7-8H2,(H2,25,27);1-2H3/t16-,17-,20?,21-;/m1./s1. The number of nitrogens with zero attached hydrogens (tertiary/aromatic N) is 3. The molecule has 3 N–H and O–H groups in total. The lowest BCUT2D eigenvalue weighted by Crippen LogP contribution is -2.34. The van der Waals surface area contributed by atoms with Crippen molar-refractivity contribution in [1.29, 1.82) is 0 Å². The average molecular weight is 535 g/mol. The van der Waals surface area contributed by atoms with Crippen molar-refractivity contribution in [2.75, 3.05) is 18.9 Å². The molecule has 12 heteroatoms. The van der Waals surface area contributed by atoms with E-state index in [1.54, 1.807) is 18.2 Å². The largest absolute Gasteiger partial charge is 0.469 e. The Morgan fingerprint density at radius 3 is 2.53 bits per heavy atom. The van der Waals surface area contributed by atoms with Gasteiger partial charge in [-0.05, 0) is 0 Å². The number of halogens is 2. The smallest absolute Gasteiger partial charge is 0.209 e. The summed E-state index contributed by atoms with van der Waals surface area (Å²) < 4.78 is 47.1. The van der Waals surface area contributed by atoms with E-state index in [0.717, 1.165) is 15.2 Å². The van der Waals surface area contributed by atoms with Gasteiger partial charge in [-0.2, -0.15) is 0 Å². The Labute approximate surface area is 214 Å². The lowest BCUT2D eigenvalue weighted by molar-refractivity contribution is 0.00776. The predicted octanol–water partition coefficient (Wildman–Crippen LogP) is 4.86. The topological polar surface area (TPSA) is 105 Å². The van der Waals surface area contributed by atoms with E-state index in [4.69, 9.17) is 19.9 Å². The molecule has 0 saturated carbocycles. The molecule has 1 unspecified atom stereocenters. The highest BCUT2D eigenvalue weighted by Crippen LogP contribution is 2.36. The van der Waals surface area contributed by atoms with E-state index in [1.807, 2.05) is 31.4 Å². The number of nitrogens with two attached hydrogens (primary N) is 1. The summed E-state index contributed by atoms with van der Waals surface area (Å²) >= 11 is 1.24. The highest BCUT2D eigenvalue weighted by Gasteiger charge is 2.48.